The third-order valence-corrected chi connectivity index (χ3v) is 1.76. The Balaban J connectivity index is 2.81. The first kappa shape index (κ1) is 9.88. The lowest BCUT2D eigenvalue weighted by Gasteiger charge is -1.97. The van der Waals surface area contributed by atoms with Crippen molar-refractivity contribution in [3.63, 3.8) is 0 Å². The van der Waals surface area contributed by atoms with Crippen molar-refractivity contribution in [2.75, 3.05) is 11.6 Å². The second-order valence-electron chi connectivity index (χ2n) is 2.67. The molecule has 2 nitrogen and oxygen atoms in total. The average Bonchev–Trinajstić information content (AvgIpc) is 2.12. The van der Waals surface area contributed by atoms with Gasteiger partial charge in [0.15, 0.2) is 0 Å². The number of nitrogens with zero attached hydrogens (tertiary/aromatic N) is 1. The van der Waals surface area contributed by atoms with Crippen LogP contribution in [0.3, 0.4) is 0 Å². The largest absolute Gasteiger partial charge is 0.383 e. The summed E-state index contributed by atoms with van der Waals surface area (Å²) >= 11 is 5.49. The van der Waals surface area contributed by atoms with Gasteiger partial charge in [0.25, 0.3) is 0 Å². The molecule has 0 aromatic carbocycles. The van der Waals surface area contributed by atoms with Crippen LogP contribution in [0.5, 0.6) is 0 Å². The van der Waals surface area contributed by atoms with Crippen LogP contribution in [0.2, 0.25) is 0 Å². The second kappa shape index (κ2) is 4.74. The van der Waals surface area contributed by atoms with Crippen molar-refractivity contribution in [1.82, 2.24) is 4.98 Å². The van der Waals surface area contributed by atoms with Gasteiger partial charge in [0, 0.05) is 24.1 Å². The maximum Gasteiger partial charge on any atom is 0.126 e. The molecule has 0 aliphatic carbocycles. The molecule has 0 aliphatic heterocycles. The fourth-order valence-electron chi connectivity index (χ4n) is 0.866. The first-order chi connectivity index (χ1) is 6.24. The number of nitrogen functional groups attached to an aromatic ring is 1. The van der Waals surface area contributed by atoms with Crippen LogP contribution in [-0.2, 0) is 0 Å². The third-order valence-electron chi connectivity index (χ3n) is 1.57. The first-order valence-corrected chi connectivity index (χ1v) is 4.54. The minimum atomic E-state index is 0.558. The number of nitrogens with two attached hydrogens (primary N) is 1. The lowest BCUT2D eigenvalue weighted by atomic mass is 10.2. The van der Waals surface area contributed by atoms with Gasteiger partial charge < -0.3 is 5.73 Å². The van der Waals surface area contributed by atoms with E-state index in [1.807, 2.05) is 13.0 Å². The zero-order chi connectivity index (χ0) is 9.68. The summed E-state index contributed by atoms with van der Waals surface area (Å²) in [5, 5.41) is 0. The molecular weight excluding hydrogens is 184 g/mol. The van der Waals surface area contributed by atoms with E-state index >= 15 is 0 Å². The van der Waals surface area contributed by atoms with Gasteiger partial charge >= 0.3 is 0 Å². The van der Waals surface area contributed by atoms with Crippen molar-refractivity contribution in [3.8, 4) is 11.8 Å². The number of hydrogen-bond acceptors (Lipinski definition) is 2. The molecule has 68 valence electrons. The van der Waals surface area contributed by atoms with Crippen LogP contribution in [-0.4, -0.2) is 10.9 Å². The van der Waals surface area contributed by atoms with E-state index in [0.29, 0.717) is 18.1 Å². The Kier molecular flexibility index (Phi) is 3.60. The highest BCUT2D eigenvalue weighted by Crippen LogP contribution is 2.07. The number of anilines is 1. The Morgan fingerprint density at radius 3 is 3.00 bits per heavy atom. The molecule has 1 rings (SSSR count). The number of rotatable bonds is 1. The summed E-state index contributed by atoms with van der Waals surface area (Å²) in [4.78, 5) is 4.00. The molecule has 0 spiro atoms. The SMILES string of the molecule is Cc1cc(C#CCCCl)cnc1N. The summed E-state index contributed by atoms with van der Waals surface area (Å²) in [5.41, 5.74) is 7.41. The number of hydrogen-bond donors (Lipinski definition) is 1. The Labute approximate surface area is 83.1 Å². The highest BCUT2D eigenvalue weighted by molar-refractivity contribution is 6.18. The third kappa shape index (κ3) is 2.96. The Morgan fingerprint density at radius 1 is 1.62 bits per heavy atom. The van der Waals surface area contributed by atoms with E-state index < -0.39 is 0 Å². The van der Waals surface area contributed by atoms with Gasteiger partial charge in [-0.05, 0) is 18.6 Å². The van der Waals surface area contributed by atoms with Crippen LogP contribution in [0.15, 0.2) is 12.3 Å². The summed E-state index contributed by atoms with van der Waals surface area (Å²) in [7, 11) is 0. The molecule has 0 unspecified atom stereocenters. The van der Waals surface area contributed by atoms with Crippen LogP contribution < -0.4 is 5.73 Å². The van der Waals surface area contributed by atoms with Gasteiger partial charge in [-0.25, -0.2) is 4.98 Å². The number of pyridine rings is 1. The molecule has 1 heterocycles. The zero-order valence-corrected chi connectivity index (χ0v) is 8.23. The lowest BCUT2D eigenvalue weighted by molar-refractivity contribution is 1.26. The van der Waals surface area contributed by atoms with E-state index in [9.17, 15) is 0 Å². The van der Waals surface area contributed by atoms with Crippen molar-refractivity contribution >= 4 is 17.4 Å². The van der Waals surface area contributed by atoms with Gasteiger partial charge in [0.2, 0.25) is 0 Å². The molecule has 1 aromatic heterocycles. The van der Waals surface area contributed by atoms with Gasteiger partial charge in [-0.2, -0.15) is 0 Å². The van der Waals surface area contributed by atoms with Crippen LogP contribution in [0, 0.1) is 18.8 Å². The van der Waals surface area contributed by atoms with Crippen molar-refractivity contribution in [1.29, 1.82) is 0 Å². The van der Waals surface area contributed by atoms with Gasteiger partial charge in [0.1, 0.15) is 5.82 Å². The molecule has 1 aromatic rings. The van der Waals surface area contributed by atoms with Crippen LogP contribution in [0.1, 0.15) is 17.5 Å². The maximum absolute atomic E-state index is 5.56. The molecule has 2 N–H and O–H groups in total. The minimum Gasteiger partial charge on any atom is -0.383 e. The molecular formula is C10H11ClN2. The predicted molar refractivity (Wildman–Crippen MR) is 55.6 cm³/mol. The Hall–Kier alpha value is -1.20. The molecule has 0 saturated heterocycles. The van der Waals surface area contributed by atoms with Crippen molar-refractivity contribution in [2.24, 2.45) is 0 Å². The van der Waals surface area contributed by atoms with Crippen LogP contribution >= 0.6 is 11.6 Å². The highest BCUT2D eigenvalue weighted by Gasteiger charge is 1.94. The van der Waals surface area contributed by atoms with Crippen molar-refractivity contribution in [2.45, 2.75) is 13.3 Å². The quantitative estimate of drug-likeness (QED) is 0.548. The topological polar surface area (TPSA) is 38.9 Å². The van der Waals surface area contributed by atoms with Crippen LogP contribution in [0.4, 0.5) is 5.82 Å². The monoisotopic (exact) mass is 194 g/mol. The molecule has 3 heteroatoms. The summed E-state index contributed by atoms with van der Waals surface area (Å²) in [6.07, 6.45) is 2.37. The molecule has 0 radical (unpaired) electrons. The van der Waals surface area contributed by atoms with E-state index in [1.54, 1.807) is 6.20 Å². The molecule has 13 heavy (non-hydrogen) atoms. The highest BCUT2D eigenvalue weighted by atomic mass is 35.5. The summed E-state index contributed by atoms with van der Waals surface area (Å²) in [6, 6.07) is 1.92. The fourth-order valence-corrected chi connectivity index (χ4v) is 0.960. The maximum atomic E-state index is 5.56. The number of aryl methyl sites for hydroxylation is 1. The zero-order valence-electron chi connectivity index (χ0n) is 7.47. The Bertz CT molecular complexity index is 350. The van der Waals surface area contributed by atoms with Crippen molar-refractivity contribution in [3.05, 3.63) is 23.4 Å². The van der Waals surface area contributed by atoms with E-state index in [1.165, 1.54) is 0 Å². The summed E-state index contributed by atoms with van der Waals surface area (Å²) in [6.45, 7) is 1.91. The molecule has 0 fully saturated rings. The second-order valence-corrected chi connectivity index (χ2v) is 3.04. The van der Waals surface area contributed by atoms with Gasteiger partial charge in [0.05, 0.1) is 0 Å². The van der Waals surface area contributed by atoms with Crippen molar-refractivity contribution < 1.29 is 0 Å². The average molecular weight is 195 g/mol. The molecule has 0 aliphatic rings. The summed E-state index contributed by atoms with van der Waals surface area (Å²) in [5.74, 6) is 7.02. The number of aromatic nitrogens is 1. The minimum absolute atomic E-state index is 0.558. The standard InChI is InChI=1S/C10H11ClN2/c1-8-6-9(4-2-3-5-11)7-13-10(8)12/h6-7H,3,5H2,1H3,(H2,12,13). The normalized spacial score (nSPS) is 9.08. The number of halogens is 1. The molecule has 0 atom stereocenters. The van der Waals surface area contributed by atoms with E-state index in [-0.39, 0.29) is 0 Å². The van der Waals surface area contributed by atoms with Crippen LogP contribution in [0.25, 0.3) is 0 Å². The molecule has 0 amide bonds. The van der Waals surface area contributed by atoms with Gasteiger partial charge in [-0.1, -0.05) is 11.8 Å². The van der Waals surface area contributed by atoms with E-state index in [0.717, 1.165) is 11.1 Å². The Morgan fingerprint density at radius 2 is 2.38 bits per heavy atom. The molecule has 0 saturated carbocycles. The fraction of sp³-hybridized carbons (Fsp3) is 0.300. The predicted octanol–water partition coefficient (Wildman–Crippen LogP) is 1.95. The smallest absolute Gasteiger partial charge is 0.126 e. The van der Waals surface area contributed by atoms with E-state index in [2.05, 4.69) is 16.8 Å². The lowest BCUT2D eigenvalue weighted by Crippen LogP contribution is -1.93. The molecule has 0 bridgehead atoms. The van der Waals surface area contributed by atoms with Gasteiger partial charge in [-0.3, -0.25) is 0 Å². The van der Waals surface area contributed by atoms with E-state index in [4.69, 9.17) is 17.3 Å². The first-order valence-electron chi connectivity index (χ1n) is 4.01. The number of alkyl halides is 1. The summed E-state index contributed by atoms with van der Waals surface area (Å²) < 4.78 is 0. The van der Waals surface area contributed by atoms with Gasteiger partial charge in [-0.15, -0.1) is 11.6 Å².